The third-order valence-corrected chi connectivity index (χ3v) is 5.84. The van der Waals surface area contributed by atoms with E-state index in [2.05, 4.69) is 40.1 Å². The van der Waals surface area contributed by atoms with Crippen LogP contribution in [0.5, 0.6) is 17.2 Å². The van der Waals surface area contributed by atoms with Crippen LogP contribution in [0.2, 0.25) is 0 Å². The number of nitrogens with zero attached hydrogens (tertiary/aromatic N) is 3. The number of benzene rings is 2. The second-order valence-electron chi connectivity index (χ2n) is 8.35. The Morgan fingerprint density at radius 1 is 1.00 bits per heavy atom. The van der Waals surface area contributed by atoms with Crippen LogP contribution < -0.4 is 19.5 Å². The molecule has 1 aromatic heterocycles. The minimum atomic E-state index is -0.376. The second kappa shape index (κ2) is 12.9. The van der Waals surface area contributed by atoms with Gasteiger partial charge in [-0.15, -0.1) is 0 Å². The van der Waals surface area contributed by atoms with Crippen molar-refractivity contribution in [3.8, 4) is 28.5 Å². The SMILES string of the molecule is CCN(CC)CCOc1ccc2cc1OCC/C=C/CCOc1cc(F)cc(c1)-c1ccnc(n1)N2. The number of hydrogen-bond acceptors (Lipinski definition) is 7. The standard InChI is InChI=1S/C28H33FN4O3/c1-3-33(4-2)13-16-36-26-10-9-23-20-27(26)35-15-8-6-5-7-14-34-24-18-21(17-22(29)19-24)25-11-12-30-28(31-23)32-25/h5-6,9-12,17-20H,3-4,7-8,13-16H2,1-2H3,(H,30,31,32)/b6-5+. The number of fused-ring (bicyclic) bond motifs is 7. The van der Waals surface area contributed by atoms with Crippen molar-refractivity contribution in [3.63, 3.8) is 0 Å². The Bertz CT molecular complexity index is 1170. The van der Waals surface area contributed by atoms with E-state index in [1.165, 1.54) is 12.1 Å². The van der Waals surface area contributed by atoms with Crippen molar-refractivity contribution < 1.29 is 18.6 Å². The Kier molecular flexibility index (Phi) is 9.10. The predicted molar refractivity (Wildman–Crippen MR) is 140 cm³/mol. The molecule has 0 spiro atoms. The van der Waals surface area contributed by atoms with Gasteiger partial charge in [-0.25, -0.2) is 14.4 Å². The van der Waals surface area contributed by atoms with E-state index in [9.17, 15) is 4.39 Å². The summed E-state index contributed by atoms with van der Waals surface area (Å²) < 4.78 is 32.2. The first kappa shape index (κ1) is 25.4. The largest absolute Gasteiger partial charge is 0.493 e. The van der Waals surface area contributed by atoms with Crippen LogP contribution in [0.15, 0.2) is 60.8 Å². The maximum Gasteiger partial charge on any atom is 0.227 e. The highest BCUT2D eigenvalue weighted by atomic mass is 19.1. The lowest BCUT2D eigenvalue weighted by Crippen LogP contribution is -2.28. The number of ether oxygens (including phenoxy) is 3. The van der Waals surface area contributed by atoms with Crippen molar-refractivity contribution in [2.75, 3.05) is 44.8 Å². The fraction of sp³-hybridized carbons (Fsp3) is 0.357. The lowest BCUT2D eigenvalue weighted by Gasteiger charge is -2.19. The smallest absolute Gasteiger partial charge is 0.227 e. The number of rotatable bonds is 6. The summed E-state index contributed by atoms with van der Waals surface area (Å²) in [5, 5.41) is 3.23. The molecule has 2 heterocycles. The molecule has 0 saturated heterocycles. The summed E-state index contributed by atoms with van der Waals surface area (Å²) in [6.07, 6.45) is 7.20. The zero-order chi connectivity index (χ0) is 25.2. The van der Waals surface area contributed by atoms with E-state index < -0.39 is 0 Å². The average molecular weight is 493 g/mol. The van der Waals surface area contributed by atoms with E-state index in [1.54, 1.807) is 18.3 Å². The van der Waals surface area contributed by atoms with E-state index in [-0.39, 0.29) is 5.82 Å². The number of aromatic nitrogens is 2. The predicted octanol–water partition coefficient (Wildman–Crippen LogP) is 5.85. The van der Waals surface area contributed by atoms with Gasteiger partial charge in [0.15, 0.2) is 11.5 Å². The van der Waals surface area contributed by atoms with E-state index in [1.807, 2.05) is 24.3 Å². The molecule has 7 nitrogen and oxygen atoms in total. The monoisotopic (exact) mass is 492 g/mol. The van der Waals surface area contributed by atoms with Gasteiger partial charge in [-0.3, -0.25) is 0 Å². The van der Waals surface area contributed by atoms with Gasteiger partial charge < -0.3 is 24.4 Å². The fourth-order valence-corrected chi connectivity index (χ4v) is 3.86. The lowest BCUT2D eigenvalue weighted by atomic mass is 10.1. The number of halogens is 1. The van der Waals surface area contributed by atoms with Crippen molar-refractivity contribution in [2.24, 2.45) is 0 Å². The zero-order valence-electron chi connectivity index (χ0n) is 20.9. The number of anilines is 2. The van der Waals surface area contributed by atoms with Gasteiger partial charge in [0.2, 0.25) is 5.95 Å². The molecule has 0 fully saturated rings. The molecular formula is C28H33FN4O3. The van der Waals surface area contributed by atoms with Crippen molar-refractivity contribution in [2.45, 2.75) is 26.7 Å². The van der Waals surface area contributed by atoms with Gasteiger partial charge >= 0.3 is 0 Å². The fourth-order valence-electron chi connectivity index (χ4n) is 3.86. The first-order valence-corrected chi connectivity index (χ1v) is 12.5. The molecule has 3 aromatic rings. The molecule has 8 heteroatoms. The highest BCUT2D eigenvalue weighted by molar-refractivity contribution is 5.65. The second-order valence-corrected chi connectivity index (χ2v) is 8.35. The van der Waals surface area contributed by atoms with Crippen LogP contribution in [0.3, 0.4) is 0 Å². The lowest BCUT2D eigenvalue weighted by molar-refractivity contribution is 0.213. The summed E-state index contributed by atoms with van der Waals surface area (Å²) in [4.78, 5) is 11.2. The highest BCUT2D eigenvalue weighted by Crippen LogP contribution is 2.32. The first-order valence-electron chi connectivity index (χ1n) is 12.5. The van der Waals surface area contributed by atoms with Crippen LogP contribution in [-0.2, 0) is 0 Å². The van der Waals surface area contributed by atoms with Crippen LogP contribution in [0.4, 0.5) is 16.0 Å². The molecule has 0 aliphatic carbocycles. The molecule has 1 N–H and O–H groups in total. The van der Waals surface area contributed by atoms with Gasteiger partial charge in [-0.1, -0.05) is 26.0 Å². The summed E-state index contributed by atoms with van der Waals surface area (Å²) in [5.41, 5.74) is 1.97. The van der Waals surface area contributed by atoms with Crippen molar-refractivity contribution >= 4 is 11.6 Å². The Labute approximate surface area is 211 Å². The van der Waals surface area contributed by atoms with Crippen molar-refractivity contribution in [3.05, 3.63) is 66.6 Å². The van der Waals surface area contributed by atoms with E-state index in [0.717, 1.165) is 31.7 Å². The summed E-state index contributed by atoms with van der Waals surface area (Å²) in [7, 11) is 0. The first-order chi connectivity index (χ1) is 17.6. The van der Waals surface area contributed by atoms with Crippen LogP contribution >= 0.6 is 0 Å². The van der Waals surface area contributed by atoms with Gasteiger partial charge in [0.1, 0.15) is 18.2 Å². The minimum Gasteiger partial charge on any atom is -0.493 e. The number of hydrogen-bond donors (Lipinski definition) is 1. The molecule has 4 rings (SSSR count). The number of likely N-dealkylation sites (N-methyl/N-ethyl adjacent to an activating group) is 1. The van der Waals surface area contributed by atoms with E-state index >= 15 is 0 Å². The normalized spacial score (nSPS) is 14.6. The van der Waals surface area contributed by atoms with Gasteiger partial charge in [-0.05, 0) is 56.3 Å². The molecule has 0 saturated carbocycles. The highest BCUT2D eigenvalue weighted by Gasteiger charge is 2.11. The average Bonchev–Trinajstić information content (AvgIpc) is 2.88. The molecule has 1 aliphatic heterocycles. The third kappa shape index (κ3) is 7.18. The summed E-state index contributed by atoms with van der Waals surface area (Å²) in [6.45, 7) is 8.64. The van der Waals surface area contributed by atoms with Crippen LogP contribution in [0.1, 0.15) is 26.7 Å². The molecule has 0 amide bonds. The van der Waals surface area contributed by atoms with Crippen LogP contribution in [-0.4, -0.2) is 54.3 Å². The van der Waals surface area contributed by atoms with Crippen molar-refractivity contribution in [1.29, 1.82) is 0 Å². The molecule has 0 radical (unpaired) electrons. The van der Waals surface area contributed by atoms with E-state index in [4.69, 9.17) is 14.2 Å². The molecular weight excluding hydrogens is 459 g/mol. The van der Waals surface area contributed by atoms with Crippen LogP contribution in [0.25, 0.3) is 11.3 Å². The molecule has 2 aromatic carbocycles. The maximum absolute atomic E-state index is 14.3. The molecule has 1 aliphatic rings. The molecule has 190 valence electrons. The molecule has 0 atom stereocenters. The van der Waals surface area contributed by atoms with Gasteiger partial charge in [0.25, 0.3) is 0 Å². The summed E-state index contributed by atoms with van der Waals surface area (Å²) in [6, 6.07) is 12.0. The van der Waals surface area contributed by atoms with Gasteiger partial charge in [0, 0.05) is 36.1 Å². The number of nitrogens with one attached hydrogen (secondary N) is 1. The molecule has 36 heavy (non-hydrogen) atoms. The molecule has 6 bridgehead atoms. The van der Waals surface area contributed by atoms with Crippen molar-refractivity contribution in [1.82, 2.24) is 14.9 Å². The third-order valence-electron chi connectivity index (χ3n) is 5.84. The zero-order valence-corrected chi connectivity index (χ0v) is 20.9. The quantitative estimate of drug-likeness (QED) is 0.433. The van der Waals surface area contributed by atoms with Gasteiger partial charge in [-0.2, -0.15) is 0 Å². The Balaban J connectivity index is 1.59. The summed E-state index contributed by atoms with van der Waals surface area (Å²) in [5.74, 6) is 1.84. The van der Waals surface area contributed by atoms with E-state index in [0.29, 0.717) is 60.7 Å². The van der Waals surface area contributed by atoms with Gasteiger partial charge in [0.05, 0.1) is 18.9 Å². The van der Waals surface area contributed by atoms with Crippen LogP contribution in [0, 0.1) is 5.82 Å². The Morgan fingerprint density at radius 3 is 2.61 bits per heavy atom. The minimum absolute atomic E-state index is 0.376. The molecule has 0 unspecified atom stereocenters. The maximum atomic E-state index is 14.3. The summed E-state index contributed by atoms with van der Waals surface area (Å²) >= 11 is 0. The topological polar surface area (TPSA) is 68.7 Å². The Morgan fingerprint density at radius 2 is 1.81 bits per heavy atom. The Hall–Kier alpha value is -3.65.